The van der Waals surface area contributed by atoms with Crippen molar-refractivity contribution in [2.75, 3.05) is 51.7 Å². The molecule has 2 saturated carbocycles. The highest BCUT2D eigenvalue weighted by Gasteiger charge is 2.34. The van der Waals surface area contributed by atoms with Gasteiger partial charge in [-0.3, -0.25) is 10.2 Å². The number of rotatable bonds is 6. The molecule has 3 heterocycles. The molecule has 1 aromatic heterocycles. The fraction of sp³-hybridized carbons (Fsp3) is 0.655. The van der Waals surface area contributed by atoms with Gasteiger partial charge in [0.1, 0.15) is 5.75 Å². The van der Waals surface area contributed by atoms with E-state index >= 15 is 0 Å². The van der Waals surface area contributed by atoms with E-state index in [1.807, 2.05) is 10.3 Å². The van der Waals surface area contributed by atoms with Gasteiger partial charge in [-0.2, -0.15) is 0 Å². The lowest BCUT2D eigenvalue weighted by Crippen LogP contribution is -2.55. The molecule has 4 fully saturated rings. The summed E-state index contributed by atoms with van der Waals surface area (Å²) in [5.41, 5.74) is 3.27. The predicted octanol–water partition coefficient (Wildman–Crippen LogP) is 5.64. The van der Waals surface area contributed by atoms with Crippen LogP contribution in [0.25, 0.3) is 11.3 Å². The summed E-state index contributed by atoms with van der Waals surface area (Å²) in [7, 11) is 1.71. The number of ether oxygens (including phenoxy) is 1. The summed E-state index contributed by atoms with van der Waals surface area (Å²) >= 11 is 1.49. The molecule has 0 atom stereocenters. The van der Waals surface area contributed by atoms with Crippen LogP contribution in [0.2, 0.25) is 0 Å². The first-order valence-electron chi connectivity index (χ1n) is 14.4. The Hall–Kier alpha value is -2.16. The Kier molecular flexibility index (Phi) is 7.67. The average molecular weight is 524 g/mol. The number of thiazole rings is 1. The number of piperidine rings is 1. The molecular weight excluding hydrogens is 482 g/mol. The molecule has 2 aliphatic carbocycles. The van der Waals surface area contributed by atoms with E-state index in [-0.39, 0.29) is 6.03 Å². The number of methoxy groups -OCH3 is 1. The summed E-state index contributed by atoms with van der Waals surface area (Å²) in [6.07, 6.45) is 11.8. The summed E-state index contributed by atoms with van der Waals surface area (Å²) < 4.78 is 5.67. The van der Waals surface area contributed by atoms with Crippen LogP contribution in [-0.4, -0.2) is 84.2 Å². The fourth-order valence-electron chi connectivity index (χ4n) is 6.59. The van der Waals surface area contributed by atoms with Gasteiger partial charge in [-0.1, -0.05) is 25.3 Å². The van der Waals surface area contributed by atoms with Gasteiger partial charge in [0, 0.05) is 49.2 Å². The third kappa shape index (κ3) is 5.81. The number of carbonyl (C=O) groups excluding carboxylic acids is 1. The molecular formula is C29H41N5O2S. The summed E-state index contributed by atoms with van der Waals surface area (Å²) in [4.78, 5) is 25.1. The van der Waals surface area contributed by atoms with E-state index in [1.165, 1.54) is 87.8 Å². The molecule has 0 radical (unpaired) electrons. The third-order valence-electron chi connectivity index (χ3n) is 8.97. The second-order valence-corrected chi connectivity index (χ2v) is 12.1. The molecule has 1 aromatic carbocycles. The van der Waals surface area contributed by atoms with Crippen LogP contribution >= 0.6 is 11.3 Å². The Morgan fingerprint density at radius 1 is 0.919 bits per heavy atom. The SMILES string of the molecule is COc1ccc(C2CCCCC2)cc1-c1csc(NC(=O)N2CCN(C3CCN(C4CC4)CC3)CC2)n1. The second-order valence-electron chi connectivity index (χ2n) is 11.3. The highest BCUT2D eigenvalue weighted by molar-refractivity contribution is 7.14. The number of nitrogens with zero attached hydrogens (tertiary/aromatic N) is 4. The minimum Gasteiger partial charge on any atom is -0.496 e. The zero-order valence-electron chi connectivity index (χ0n) is 22.2. The first-order chi connectivity index (χ1) is 18.2. The smallest absolute Gasteiger partial charge is 0.323 e. The molecule has 2 amide bonds. The van der Waals surface area contributed by atoms with Crippen molar-refractivity contribution < 1.29 is 9.53 Å². The number of amides is 2. The van der Waals surface area contributed by atoms with Crippen molar-refractivity contribution in [3.8, 4) is 17.0 Å². The van der Waals surface area contributed by atoms with E-state index in [2.05, 4.69) is 33.3 Å². The van der Waals surface area contributed by atoms with Crippen LogP contribution in [0.1, 0.15) is 69.3 Å². The normalized spacial score (nSPS) is 22.8. The lowest BCUT2D eigenvalue weighted by atomic mass is 9.83. The molecule has 8 heteroatoms. The summed E-state index contributed by atoms with van der Waals surface area (Å²) in [5, 5.41) is 5.75. The van der Waals surface area contributed by atoms with Gasteiger partial charge in [-0.15, -0.1) is 11.3 Å². The van der Waals surface area contributed by atoms with E-state index in [9.17, 15) is 4.79 Å². The van der Waals surface area contributed by atoms with Crippen LogP contribution in [0.3, 0.4) is 0 Å². The van der Waals surface area contributed by atoms with Gasteiger partial charge in [0.2, 0.25) is 0 Å². The molecule has 0 unspecified atom stereocenters. The van der Waals surface area contributed by atoms with Gasteiger partial charge in [0.25, 0.3) is 0 Å². The molecule has 7 nitrogen and oxygen atoms in total. The van der Waals surface area contributed by atoms with Crippen molar-refractivity contribution >= 4 is 22.5 Å². The lowest BCUT2D eigenvalue weighted by molar-refractivity contribution is 0.0689. The number of hydrogen-bond acceptors (Lipinski definition) is 6. The number of carbonyl (C=O) groups is 1. The summed E-state index contributed by atoms with van der Waals surface area (Å²) in [6, 6.07) is 8.07. The zero-order chi connectivity index (χ0) is 25.2. The quantitative estimate of drug-likeness (QED) is 0.531. The van der Waals surface area contributed by atoms with Crippen LogP contribution in [0, 0.1) is 0 Å². The number of urea groups is 1. The highest BCUT2D eigenvalue weighted by atomic mass is 32.1. The molecule has 2 aliphatic heterocycles. The minimum absolute atomic E-state index is 0.0352. The molecule has 1 N–H and O–H groups in total. The standard InChI is InChI=1S/C29H41N5O2S/c1-36-27-10-7-22(21-5-3-2-4-6-21)19-25(27)26-20-37-28(30-26)31-29(35)34-17-15-33(16-18-34)24-11-13-32(14-12-24)23-8-9-23/h7,10,19-21,23-24H,2-6,8-9,11-18H2,1H3,(H,30,31,35). The maximum absolute atomic E-state index is 13.0. The van der Waals surface area contributed by atoms with E-state index < -0.39 is 0 Å². The van der Waals surface area contributed by atoms with Gasteiger partial charge < -0.3 is 14.5 Å². The number of anilines is 1. The number of likely N-dealkylation sites (tertiary alicyclic amines) is 1. The van der Waals surface area contributed by atoms with Crippen molar-refractivity contribution in [2.24, 2.45) is 0 Å². The third-order valence-corrected chi connectivity index (χ3v) is 9.73. The Morgan fingerprint density at radius 3 is 2.32 bits per heavy atom. The van der Waals surface area contributed by atoms with Crippen LogP contribution < -0.4 is 10.1 Å². The van der Waals surface area contributed by atoms with E-state index in [1.54, 1.807) is 7.11 Å². The molecule has 2 aromatic rings. The maximum Gasteiger partial charge on any atom is 0.323 e. The molecule has 37 heavy (non-hydrogen) atoms. The molecule has 0 bridgehead atoms. The number of hydrogen-bond donors (Lipinski definition) is 1. The molecule has 200 valence electrons. The van der Waals surface area contributed by atoms with Crippen molar-refractivity contribution in [1.29, 1.82) is 0 Å². The Labute approximate surface area is 225 Å². The average Bonchev–Trinajstić information content (AvgIpc) is 3.72. The number of piperazine rings is 1. The second kappa shape index (κ2) is 11.3. The van der Waals surface area contributed by atoms with Gasteiger partial charge in [0.15, 0.2) is 5.13 Å². The minimum atomic E-state index is -0.0352. The largest absolute Gasteiger partial charge is 0.496 e. The van der Waals surface area contributed by atoms with E-state index in [4.69, 9.17) is 9.72 Å². The molecule has 6 rings (SSSR count). The Morgan fingerprint density at radius 2 is 1.62 bits per heavy atom. The molecule has 4 aliphatic rings. The lowest BCUT2D eigenvalue weighted by Gasteiger charge is -2.42. The molecule has 2 saturated heterocycles. The van der Waals surface area contributed by atoms with Crippen LogP contribution in [0.4, 0.5) is 9.93 Å². The Bertz CT molecular complexity index is 1060. The number of benzene rings is 1. The van der Waals surface area contributed by atoms with Crippen LogP contribution in [0.5, 0.6) is 5.75 Å². The van der Waals surface area contributed by atoms with Crippen molar-refractivity contribution in [1.82, 2.24) is 19.7 Å². The Balaban J connectivity index is 1.04. The van der Waals surface area contributed by atoms with Crippen LogP contribution in [0.15, 0.2) is 23.6 Å². The summed E-state index contributed by atoms with van der Waals surface area (Å²) in [6.45, 7) is 5.99. The summed E-state index contributed by atoms with van der Waals surface area (Å²) in [5.74, 6) is 1.46. The van der Waals surface area contributed by atoms with Gasteiger partial charge in [0.05, 0.1) is 12.8 Å². The van der Waals surface area contributed by atoms with E-state index in [0.717, 1.165) is 49.2 Å². The first kappa shape index (κ1) is 25.1. The number of aromatic nitrogens is 1. The van der Waals surface area contributed by atoms with Crippen molar-refractivity contribution in [2.45, 2.75) is 75.8 Å². The van der Waals surface area contributed by atoms with Crippen molar-refractivity contribution in [3.63, 3.8) is 0 Å². The first-order valence-corrected chi connectivity index (χ1v) is 15.2. The zero-order valence-corrected chi connectivity index (χ0v) is 23.0. The van der Waals surface area contributed by atoms with Crippen LogP contribution in [-0.2, 0) is 0 Å². The highest BCUT2D eigenvalue weighted by Crippen LogP contribution is 2.39. The fourth-order valence-corrected chi connectivity index (χ4v) is 7.29. The van der Waals surface area contributed by atoms with Gasteiger partial charge in [-0.05, 0) is 75.2 Å². The number of nitrogens with one attached hydrogen (secondary N) is 1. The van der Waals surface area contributed by atoms with E-state index in [0.29, 0.717) is 17.1 Å². The molecule has 0 spiro atoms. The van der Waals surface area contributed by atoms with Gasteiger partial charge >= 0.3 is 6.03 Å². The maximum atomic E-state index is 13.0. The topological polar surface area (TPSA) is 60.9 Å². The van der Waals surface area contributed by atoms with Gasteiger partial charge in [-0.25, -0.2) is 9.78 Å². The predicted molar refractivity (Wildman–Crippen MR) is 150 cm³/mol. The van der Waals surface area contributed by atoms with Crippen molar-refractivity contribution in [3.05, 3.63) is 29.1 Å². The monoisotopic (exact) mass is 523 g/mol.